The van der Waals surface area contributed by atoms with Crippen molar-refractivity contribution in [2.75, 3.05) is 0 Å². The molecule has 2 N–H and O–H groups in total. The highest BCUT2D eigenvalue weighted by Gasteiger charge is 1.94. The lowest BCUT2D eigenvalue weighted by Crippen LogP contribution is -1.95. The Morgan fingerprint density at radius 1 is 1.40 bits per heavy atom. The summed E-state index contributed by atoms with van der Waals surface area (Å²) in [7, 11) is 0. The molecule has 1 heteroatoms. The van der Waals surface area contributed by atoms with Crippen molar-refractivity contribution in [2.45, 2.75) is 6.92 Å². The fourth-order valence-electron chi connectivity index (χ4n) is 0.933. The van der Waals surface area contributed by atoms with E-state index < -0.39 is 0 Å². The van der Waals surface area contributed by atoms with Crippen molar-refractivity contribution in [3.05, 3.63) is 42.0 Å². The maximum atomic E-state index is 5.52. The molecule has 0 amide bonds. The quantitative estimate of drug-likeness (QED) is 0.622. The van der Waals surface area contributed by atoms with Crippen molar-refractivity contribution in [1.29, 1.82) is 0 Å². The van der Waals surface area contributed by atoms with Crippen LogP contribution in [0.25, 0.3) is 5.70 Å². The summed E-state index contributed by atoms with van der Waals surface area (Å²) in [6.45, 7) is 5.69. The van der Waals surface area contributed by atoms with Gasteiger partial charge in [0.15, 0.2) is 0 Å². The molecule has 0 bridgehead atoms. The van der Waals surface area contributed by atoms with Crippen LogP contribution in [0.4, 0.5) is 0 Å². The van der Waals surface area contributed by atoms with E-state index in [1.807, 2.05) is 31.2 Å². The van der Waals surface area contributed by atoms with Crippen LogP contribution in [-0.2, 0) is 0 Å². The van der Waals surface area contributed by atoms with Crippen LogP contribution in [0.5, 0.6) is 0 Å². The molecule has 1 aromatic carbocycles. The summed E-state index contributed by atoms with van der Waals surface area (Å²) in [5.41, 5.74) is 8.38. The first-order chi connectivity index (χ1) is 4.72. The van der Waals surface area contributed by atoms with E-state index >= 15 is 0 Å². The average molecular weight is 133 g/mol. The van der Waals surface area contributed by atoms with Gasteiger partial charge in [-0.2, -0.15) is 0 Å². The summed E-state index contributed by atoms with van der Waals surface area (Å²) in [4.78, 5) is 0. The molecule has 1 aromatic rings. The highest BCUT2D eigenvalue weighted by molar-refractivity contribution is 5.62. The summed E-state index contributed by atoms with van der Waals surface area (Å²) in [5, 5.41) is 0. The van der Waals surface area contributed by atoms with Crippen LogP contribution in [0.15, 0.2) is 30.8 Å². The van der Waals surface area contributed by atoms with Crippen molar-refractivity contribution >= 4 is 5.70 Å². The third kappa shape index (κ3) is 1.18. The second-order valence-corrected chi connectivity index (χ2v) is 2.34. The molecule has 0 aromatic heterocycles. The summed E-state index contributed by atoms with van der Waals surface area (Å²) in [5.74, 6) is 0. The van der Waals surface area contributed by atoms with Gasteiger partial charge >= 0.3 is 0 Å². The predicted octanol–water partition coefficient (Wildman–Crippen LogP) is 1.92. The molecule has 0 aliphatic carbocycles. The van der Waals surface area contributed by atoms with Crippen molar-refractivity contribution in [3.63, 3.8) is 0 Å². The van der Waals surface area contributed by atoms with Crippen molar-refractivity contribution < 1.29 is 0 Å². The van der Waals surface area contributed by atoms with Crippen molar-refractivity contribution in [2.24, 2.45) is 5.73 Å². The predicted molar refractivity (Wildman–Crippen MR) is 44.4 cm³/mol. The third-order valence-corrected chi connectivity index (χ3v) is 1.49. The van der Waals surface area contributed by atoms with Gasteiger partial charge in [-0.1, -0.05) is 30.8 Å². The summed E-state index contributed by atoms with van der Waals surface area (Å²) < 4.78 is 0. The van der Waals surface area contributed by atoms with E-state index in [2.05, 4.69) is 6.58 Å². The Kier molecular flexibility index (Phi) is 1.76. The minimum absolute atomic E-state index is 0.637. The number of nitrogens with two attached hydrogens (primary N) is 1. The van der Waals surface area contributed by atoms with E-state index in [-0.39, 0.29) is 0 Å². The lowest BCUT2D eigenvalue weighted by molar-refractivity contribution is 1.40. The molecule has 0 heterocycles. The van der Waals surface area contributed by atoms with Crippen LogP contribution in [0.3, 0.4) is 0 Å². The molecule has 0 saturated heterocycles. The fourth-order valence-corrected chi connectivity index (χ4v) is 0.933. The monoisotopic (exact) mass is 133 g/mol. The van der Waals surface area contributed by atoms with Gasteiger partial charge < -0.3 is 5.73 Å². The summed E-state index contributed by atoms with van der Waals surface area (Å²) in [6.07, 6.45) is 0. The second-order valence-electron chi connectivity index (χ2n) is 2.34. The van der Waals surface area contributed by atoms with Gasteiger partial charge in [0.2, 0.25) is 0 Å². The molecule has 0 spiro atoms. The molecule has 10 heavy (non-hydrogen) atoms. The number of hydrogen-bond acceptors (Lipinski definition) is 1. The molecule has 0 aliphatic rings. The van der Waals surface area contributed by atoms with Gasteiger partial charge in [-0.05, 0) is 18.1 Å². The Labute approximate surface area is 61.2 Å². The molecular weight excluding hydrogens is 122 g/mol. The highest BCUT2D eigenvalue weighted by atomic mass is 14.6. The number of benzene rings is 1. The maximum Gasteiger partial charge on any atom is 0.0317 e. The highest BCUT2D eigenvalue weighted by Crippen LogP contribution is 2.11. The summed E-state index contributed by atoms with van der Waals surface area (Å²) >= 11 is 0. The Morgan fingerprint density at radius 2 is 2.00 bits per heavy atom. The van der Waals surface area contributed by atoms with Gasteiger partial charge in [0.05, 0.1) is 0 Å². The van der Waals surface area contributed by atoms with Crippen LogP contribution in [0.2, 0.25) is 0 Å². The van der Waals surface area contributed by atoms with Crippen molar-refractivity contribution in [3.8, 4) is 0 Å². The molecule has 0 atom stereocenters. The first-order valence-electron chi connectivity index (χ1n) is 3.22. The lowest BCUT2D eigenvalue weighted by Gasteiger charge is -2.01. The molecule has 0 unspecified atom stereocenters. The second kappa shape index (κ2) is 2.56. The van der Waals surface area contributed by atoms with Gasteiger partial charge in [-0.3, -0.25) is 0 Å². The summed E-state index contributed by atoms with van der Waals surface area (Å²) in [6, 6.07) is 7.94. The van der Waals surface area contributed by atoms with E-state index in [1.54, 1.807) is 0 Å². The minimum atomic E-state index is 0.637. The van der Waals surface area contributed by atoms with Gasteiger partial charge in [-0.15, -0.1) is 0 Å². The molecule has 0 saturated carbocycles. The fraction of sp³-hybridized carbons (Fsp3) is 0.111. The van der Waals surface area contributed by atoms with Crippen molar-refractivity contribution in [1.82, 2.24) is 0 Å². The third-order valence-electron chi connectivity index (χ3n) is 1.49. The standard InChI is InChI=1S/C9H11N/c1-7-5-3-4-6-9(7)8(2)10/h3-6H,2,10H2,1H3. The van der Waals surface area contributed by atoms with Gasteiger partial charge in [0.1, 0.15) is 0 Å². The maximum absolute atomic E-state index is 5.52. The Bertz CT molecular complexity index is 251. The average Bonchev–Trinajstić information content (AvgIpc) is 1.88. The van der Waals surface area contributed by atoms with Crippen LogP contribution in [0.1, 0.15) is 11.1 Å². The number of aryl methyl sites for hydroxylation is 1. The van der Waals surface area contributed by atoms with Gasteiger partial charge in [-0.25, -0.2) is 0 Å². The molecular formula is C9H11N. The normalized spacial score (nSPS) is 9.30. The molecule has 52 valence electrons. The van der Waals surface area contributed by atoms with Crippen LogP contribution < -0.4 is 5.73 Å². The number of rotatable bonds is 1. The zero-order valence-corrected chi connectivity index (χ0v) is 6.09. The van der Waals surface area contributed by atoms with E-state index in [0.29, 0.717) is 5.70 Å². The topological polar surface area (TPSA) is 26.0 Å². The van der Waals surface area contributed by atoms with Crippen LogP contribution >= 0.6 is 0 Å². The van der Waals surface area contributed by atoms with E-state index in [9.17, 15) is 0 Å². The Hall–Kier alpha value is -1.24. The van der Waals surface area contributed by atoms with E-state index in [0.717, 1.165) is 5.56 Å². The van der Waals surface area contributed by atoms with Gasteiger partial charge in [0.25, 0.3) is 0 Å². The van der Waals surface area contributed by atoms with E-state index in [1.165, 1.54) is 5.56 Å². The Balaban J connectivity index is 3.15. The van der Waals surface area contributed by atoms with Crippen LogP contribution in [0, 0.1) is 6.92 Å². The zero-order valence-electron chi connectivity index (χ0n) is 6.09. The number of hydrogen-bond donors (Lipinski definition) is 1. The molecule has 1 nitrogen and oxygen atoms in total. The van der Waals surface area contributed by atoms with Crippen LogP contribution in [-0.4, -0.2) is 0 Å². The molecule has 0 fully saturated rings. The molecule has 0 aliphatic heterocycles. The Morgan fingerprint density at radius 3 is 2.40 bits per heavy atom. The lowest BCUT2D eigenvalue weighted by atomic mass is 10.1. The smallest absolute Gasteiger partial charge is 0.0317 e. The van der Waals surface area contributed by atoms with Gasteiger partial charge in [0, 0.05) is 5.70 Å². The molecule has 0 radical (unpaired) electrons. The minimum Gasteiger partial charge on any atom is -0.399 e. The van der Waals surface area contributed by atoms with E-state index in [4.69, 9.17) is 5.73 Å². The molecule has 1 rings (SSSR count). The largest absolute Gasteiger partial charge is 0.399 e. The first-order valence-corrected chi connectivity index (χ1v) is 3.22. The first kappa shape index (κ1) is 6.87. The zero-order chi connectivity index (χ0) is 7.56. The SMILES string of the molecule is C=C(N)c1ccccc1C.